The summed E-state index contributed by atoms with van der Waals surface area (Å²) in [5.41, 5.74) is 0.961. The minimum atomic E-state index is -0.413. The van der Waals surface area contributed by atoms with Gasteiger partial charge in [0.2, 0.25) is 0 Å². The van der Waals surface area contributed by atoms with Gasteiger partial charge in [0, 0.05) is 17.6 Å². The Morgan fingerprint density at radius 3 is 2.27 bits per heavy atom. The monoisotopic (exact) mass is 322 g/mol. The normalized spacial score (nSPS) is 23.5. The Morgan fingerprint density at radius 1 is 1.00 bits per heavy atom. The average Bonchev–Trinajstić information content (AvgIpc) is 2.57. The van der Waals surface area contributed by atoms with Crippen molar-refractivity contribution >= 4 is 11.6 Å². The third-order valence-corrected chi connectivity index (χ3v) is 5.40. The van der Waals surface area contributed by atoms with Gasteiger partial charge in [0.25, 0.3) is 0 Å². The Bertz CT molecular complexity index is 451. The highest BCUT2D eigenvalue weighted by molar-refractivity contribution is 6.30. The van der Waals surface area contributed by atoms with Gasteiger partial charge in [-0.25, -0.2) is 0 Å². The molecule has 0 spiro atoms. The molecule has 0 bridgehead atoms. The predicted octanol–water partition coefficient (Wildman–Crippen LogP) is 3.32. The van der Waals surface area contributed by atoms with Gasteiger partial charge in [0.1, 0.15) is 0 Å². The van der Waals surface area contributed by atoms with E-state index in [2.05, 4.69) is 9.80 Å². The molecule has 2 aliphatic heterocycles. The zero-order chi connectivity index (χ0) is 15.4. The van der Waals surface area contributed by atoms with E-state index in [4.69, 9.17) is 11.6 Å². The number of hydrogen-bond donors (Lipinski definition) is 1. The maximum atomic E-state index is 10.4. The molecule has 0 saturated carbocycles. The van der Waals surface area contributed by atoms with Crippen LogP contribution in [0.5, 0.6) is 0 Å². The standard InChI is InChI=1S/C18H27ClN2O/c19-16-6-4-15(5-7-16)18(22)14-20-12-8-17(9-13-20)21-10-2-1-3-11-21/h4-7,17-18,22H,1-3,8-14H2. The summed E-state index contributed by atoms with van der Waals surface area (Å²) >= 11 is 5.90. The fourth-order valence-electron chi connectivity index (χ4n) is 3.79. The van der Waals surface area contributed by atoms with Crippen LogP contribution in [0.15, 0.2) is 24.3 Å². The molecule has 0 amide bonds. The summed E-state index contributed by atoms with van der Waals surface area (Å²) < 4.78 is 0. The lowest BCUT2D eigenvalue weighted by molar-refractivity contribution is 0.0601. The Hall–Kier alpha value is -0.610. The molecule has 2 aliphatic rings. The molecule has 3 rings (SSSR count). The summed E-state index contributed by atoms with van der Waals surface area (Å²) in [6.45, 7) is 5.52. The molecule has 0 aliphatic carbocycles. The van der Waals surface area contributed by atoms with Crippen LogP contribution in [0.2, 0.25) is 5.02 Å². The van der Waals surface area contributed by atoms with Crippen LogP contribution in [0.3, 0.4) is 0 Å². The minimum absolute atomic E-state index is 0.413. The number of piperidine rings is 2. The van der Waals surface area contributed by atoms with Gasteiger partial charge in [-0.3, -0.25) is 0 Å². The molecule has 1 atom stereocenters. The van der Waals surface area contributed by atoms with Crippen LogP contribution < -0.4 is 0 Å². The maximum Gasteiger partial charge on any atom is 0.0916 e. The Labute approximate surface area is 138 Å². The van der Waals surface area contributed by atoms with E-state index in [1.807, 2.05) is 24.3 Å². The molecule has 22 heavy (non-hydrogen) atoms. The number of nitrogens with zero attached hydrogens (tertiary/aromatic N) is 2. The van der Waals surface area contributed by atoms with Crippen LogP contribution in [0.4, 0.5) is 0 Å². The number of benzene rings is 1. The van der Waals surface area contributed by atoms with Gasteiger partial charge in [-0.2, -0.15) is 0 Å². The van der Waals surface area contributed by atoms with Gasteiger partial charge >= 0.3 is 0 Å². The number of hydrogen-bond acceptors (Lipinski definition) is 3. The lowest BCUT2D eigenvalue weighted by Crippen LogP contribution is -2.47. The molecule has 0 aromatic heterocycles. The van der Waals surface area contributed by atoms with Gasteiger partial charge in [-0.05, 0) is 69.6 Å². The van der Waals surface area contributed by atoms with E-state index >= 15 is 0 Å². The van der Waals surface area contributed by atoms with Gasteiger partial charge in [-0.1, -0.05) is 30.2 Å². The van der Waals surface area contributed by atoms with Crippen molar-refractivity contribution in [3.63, 3.8) is 0 Å². The number of likely N-dealkylation sites (tertiary alicyclic amines) is 2. The fraction of sp³-hybridized carbons (Fsp3) is 0.667. The molecule has 3 nitrogen and oxygen atoms in total. The van der Waals surface area contributed by atoms with Crippen molar-refractivity contribution in [1.29, 1.82) is 0 Å². The summed E-state index contributed by atoms with van der Waals surface area (Å²) in [6.07, 6.45) is 6.22. The van der Waals surface area contributed by atoms with Gasteiger partial charge in [0.05, 0.1) is 6.10 Å². The number of β-amino-alcohol motifs (C(OH)–C–C–N with tert-alkyl or cyclic N) is 1. The van der Waals surface area contributed by atoms with E-state index in [1.54, 1.807) is 0 Å². The molecule has 4 heteroatoms. The minimum Gasteiger partial charge on any atom is -0.387 e. The van der Waals surface area contributed by atoms with Crippen LogP contribution in [-0.4, -0.2) is 53.7 Å². The largest absolute Gasteiger partial charge is 0.387 e. The highest BCUT2D eigenvalue weighted by atomic mass is 35.5. The van der Waals surface area contributed by atoms with E-state index in [1.165, 1.54) is 45.2 Å². The van der Waals surface area contributed by atoms with Gasteiger partial charge < -0.3 is 14.9 Å². The Morgan fingerprint density at radius 2 is 1.64 bits per heavy atom. The van der Waals surface area contributed by atoms with Crippen LogP contribution >= 0.6 is 11.6 Å². The molecule has 122 valence electrons. The van der Waals surface area contributed by atoms with E-state index in [-0.39, 0.29) is 0 Å². The second-order valence-electron chi connectivity index (χ2n) is 6.70. The van der Waals surface area contributed by atoms with Crippen molar-refractivity contribution in [3.05, 3.63) is 34.9 Å². The number of rotatable bonds is 4. The molecular formula is C18H27ClN2O. The molecule has 1 N–H and O–H groups in total. The molecule has 0 radical (unpaired) electrons. The second kappa shape index (κ2) is 7.78. The lowest BCUT2D eigenvalue weighted by atomic mass is 9.99. The third-order valence-electron chi connectivity index (χ3n) is 5.15. The molecule has 1 unspecified atom stereocenters. The van der Waals surface area contributed by atoms with E-state index in [9.17, 15) is 5.11 Å². The zero-order valence-electron chi connectivity index (χ0n) is 13.3. The first kappa shape index (κ1) is 16.3. The van der Waals surface area contributed by atoms with Crippen molar-refractivity contribution in [3.8, 4) is 0 Å². The SMILES string of the molecule is OC(CN1CCC(N2CCCCC2)CC1)c1ccc(Cl)cc1. The molecular weight excluding hydrogens is 296 g/mol. The van der Waals surface area contributed by atoms with E-state index in [0.29, 0.717) is 0 Å². The topological polar surface area (TPSA) is 26.7 Å². The average molecular weight is 323 g/mol. The first-order valence-electron chi connectivity index (χ1n) is 8.62. The van der Waals surface area contributed by atoms with Crippen LogP contribution in [0.1, 0.15) is 43.8 Å². The Balaban J connectivity index is 1.46. The maximum absolute atomic E-state index is 10.4. The van der Waals surface area contributed by atoms with Crippen molar-refractivity contribution in [1.82, 2.24) is 9.80 Å². The molecule has 2 heterocycles. The quantitative estimate of drug-likeness (QED) is 0.921. The van der Waals surface area contributed by atoms with E-state index < -0.39 is 6.10 Å². The first-order chi connectivity index (χ1) is 10.7. The van der Waals surface area contributed by atoms with Gasteiger partial charge in [-0.15, -0.1) is 0 Å². The predicted molar refractivity (Wildman–Crippen MR) is 91.3 cm³/mol. The van der Waals surface area contributed by atoms with Crippen LogP contribution in [0.25, 0.3) is 0 Å². The number of halogens is 1. The third kappa shape index (κ3) is 4.23. The highest BCUT2D eigenvalue weighted by Crippen LogP contribution is 2.23. The zero-order valence-corrected chi connectivity index (χ0v) is 14.0. The molecule has 1 aromatic rings. The number of aliphatic hydroxyl groups excluding tert-OH is 1. The molecule has 1 aromatic carbocycles. The van der Waals surface area contributed by atoms with Crippen molar-refractivity contribution in [2.75, 3.05) is 32.7 Å². The van der Waals surface area contributed by atoms with Gasteiger partial charge in [0.15, 0.2) is 0 Å². The summed E-state index contributed by atoms with van der Waals surface area (Å²) in [7, 11) is 0. The summed E-state index contributed by atoms with van der Waals surface area (Å²) in [6, 6.07) is 8.32. The molecule has 2 fully saturated rings. The van der Waals surface area contributed by atoms with E-state index in [0.717, 1.165) is 36.3 Å². The fourth-order valence-corrected chi connectivity index (χ4v) is 3.91. The molecule has 2 saturated heterocycles. The number of aliphatic hydroxyl groups is 1. The lowest BCUT2D eigenvalue weighted by Gasteiger charge is -2.40. The van der Waals surface area contributed by atoms with Crippen LogP contribution in [-0.2, 0) is 0 Å². The van der Waals surface area contributed by atoms with Crippen LogP contribution in [0, 0.1) is 0 Å². The summed E-state index contributed by atoms with van der Waals surface area (Å²) in [5.74, 6) is 0. The second-order valence-corrected chi connectivity index (χ2v) is 7.13. The summed E-state index contributed by atoms with van der Waals surface area (Å²) in [4.78, 5) is 5.09. The Kier molecular flexibility index (Phi) is 5.75. The summed E-state index contributed by atoms with van der Waals surface area (Å²) in [5, 5.41) is 11.1. The smallest absolute Gasteiger partial charge is 0.0916 e. The van der Waals surface area contributed by atoms with Crippen molar-refractivity contribution < 1.29 is 5.11 Å². The van der Waals surface area contributed by atoms with Crippen molar-refractivity contribution in [2.45, 2.75) is 44.2 Å². The van der Waals surface area contributed by atoms with Crippen molar-refractivity contribution in [2.24, 2.45) is 0 Å². The first-order valence-corrected chi connectivity index (χ1v) is 9.00. The highest BCUT2D eigenvalue weighted by Gasteiger charge is 2.26.